The highest BCUT2D eigenvalue weighted by Crippen LogP contribution is 2.21. The van der Waals surface area contributed by atoms with Gasteiger partial charge < -0.3 is 19.7 Å². The largest absolute Gasteiger partial charge is 0.497 e. The molecule has 1 N–H and O–H groups in total. The van der Waals surface area contributed by atoms with Crippen molar-refractivity contribution in [2.24, 2.45) is 0 Å². The third kappa shape index (κ3) is 2.89. The van der Waals surface area contributed by atoms with Crippen LogP contribution < -0.4 is 10.1 Å². The van der Waals surface area contributed by atoms with Crippen LogP contribution >= 0.6 is 0 Å². The Kier molecular flexibility index (Phi) is 3.99. The number of anilines is 1. The molecule has 0 radical (unpaired) electrons. The molecule has 1 saturated heterocycles. The van der Waals surface area contributed by atoms with Crippen LogP contribution in [0.15, 0.2) is 18.2 Å². The number of ether oxygens (including phenoxy) is 2. The van der Waals surface area contributed by atoms with Crippen molar-refractivity contribution in [3.05, 3.63) is 24.0 Å². The maximum absolute atomic E-state index is 13.5. The molecule has 0 spiro atoms. The van der Waals surface area contributed by atoms with Gasteiger partial charge in [-0.15, -0.1) is 0 Å². The van der Waals surface area contributed by atoms with Crippen molar-refractivity contribution in [2.45, 2.75) is 0 Å². The Morgan fingerprint density at radius 1 is 1.44 bits per heavy atom. The van der Waals surface area contributed by atoms with Gasteiger partial charge in [0.05, 0.1) is 26.0 Å². The minimum absolute atomic E-state index is 0.117. The van der Waals surface area contributed by atoms with Crippen molar-refractivity contribution in [3.63, 3.8) is 0 Å². The number of halogens is 1. The van der Waals surface area contributed by atoms with E-state index in [2.05, 4.69) is 5.32 Å². The summed E-state index contributed by atoms with van der Waals surface area (Å²) in [6, 6.07) is 3.88. The van der Waals surface area contributed by atoms with Gasteiger partial charge in [-0.05, 0) is 12.1 Å². The van der Waals surface area contributed by atoms with Crippen LogP contribution in [0.1, 0.15) is 0 Å². The molecule has 1 heterocycles. The number of urea groups is 1. The Morgan fingerprint density at radius 2 is 2.17 bits per heavy atom. The number of carbonyl (C=O) groups excluding carboxylic acids is 1. The zero-order chi connectivity index (χ0) is 13.0. The SMILES string of the molecule is COc1ccc(F)c(NC(=O)N2CCOCC2)c1. The topological polar surface area (TPSA) is 50.8 Å². The number of hydrogen-bond acceptors (Lipinski definition) is 3. The molecule has 1 aromatic rings. The van der Waals surface area contributed by atoms with E-state index in [1.54, 1.807) is 4.90 Å². The van der Waals surface area contributed by atoms with Gasteiger partial charge in [0, 0.05) is 19.2 Å². The minimum atomic E-state index is -0.489. The van der Waals surface area contributed by atoms with E-state index in [0.29, 0.717) is 32.1 Å². The molecule has 1 fully saturated rings. The minimum Gasteiger partial charge on any atom is -0.497 e. The summed E-state index contributed by atoms with van der Waals surface area (Å²) in [6.45, 7) is 2.04. The highest BCUT2D eigenvalue weighted by molar-refractivity contribution is 5.89. The third-order valence-corrected chi connectivity index (χ3v) is 2.71. The van der Waals surface area contributed by atoms with Crippen molar-refractivity contribution in [3.8, 4) is 5.75 Å². The summed E-state index contributed by atoms with van der Waals surface area (Å²) >= 11 is 0. The Balaban J connectivity index is 2.05. The van der Waals surface area contributed by atoms with Gasteiger partial charge in [-0.1, -0.05) is 0 Å². The summed E-state index contributed by atoms with van der Waals surface area (Å²) in [5.74, 6) is 0.00564. The summed E-state index contributed by atoms with van der Waals surface area (Å²) in [4.78, 5) is 13.5. The van der Waals surface area contributed by atoms with E-state index in [1.807, 2.05) is 0 Å². The molecular weight excluding hydrogens is 239 g/mol. The number of hydrogen-bond donors (Lipinski definition) is 1. The first kappa shape index (κ1) is 12.6. The average Bonchev–Trinajstić information content (AvgIpc) is 2.42. The molecule has 0 unspecified atom stereocenters. The smallest absolute Gasteiger partial charge is 0.322 e. The summed E-state index contributed by atoms with van der Waals surface area (Å²) in [6.07, 6.45) is 0. The zero-order valence-electron chi connectivity index (χ0n) is 10.1. The summed E-state index contributed by atoms with van der Waals surface area (Å²) < 4.78 is 23.6. The van der Waals surface area contributed by atoms with Crippen LogP contribution in [0, 0.1) is 5.82 Å². The molecule has 1 aliphatic rings. The maximum atomic E-state index is 13.5. The van der Waals surface area contributed by atoms with E-state index >= 15 is 0 Å². The second-order valence-electron chi connectivity index (χ2n) is 3.88. The monoisotopic (exact) mass is 254 g/mol. The molecule has 18 heavy (non-hydrogen) atoms. The molecule has 0 aliphatic carbocycles. The molecule has 0 aromatic heterocycles. The number of carbonyl (C=O) groups is 1. The number of rotatable bonds is 2. The quantitative estimate of drug-likeness (QED) is 0.874. The van der Waals surface area contributed by atoms with Gasteiger partial charge in [-0.3, -0.25) is 0 Å². The predicted molar refractivity (Wildman–Crippen MR) is 64.4 cm³/mol. The highest BCUT2D eigenvalue weighted by atomic mass is 19.1. The van der Waals surface area contributed by atoms with Crippen LogP contribution in [-0.2, 0) is 4.74 Å². The van der Waals surface area contributed by atoms with E-state index in [9.17, 15) is 9.18 Å². The first-order chi connectivity index (χ1) is 8.70. The first-order valence-corrected chi connectivity index (χ1v) is 5.68. The summed E-state index contributed by atoms with van der Waals surface area (Å²) in [5.41, 5.74) is 0.117. The van der Waals surface area contributed by atoms with Crippen LogP contribution in [-0.4, -0.2) is 44.3 Å². The lowest BCUT2D eigenvalue weighted by atomic mass is 10.3. The van der Waals surface area contributed by atoms with Gasteiger partial charge in [0.2, 0.25) is 0 Å². The number of methoxy groups -OCH3 is 1. The fraction of sp³-hybridized carbons (Fsp3) is 0.417. The first-order valence-electron chi connectivity index (χ1n) is 5.68. The number of amides is 2. The van der Waals surface area contributed by atoms with Gasteiger partial charge in [-0.2, -0.15) is 0 Å². The average molecular weight is 254 g/mol. The molecule has 0 saturated carbocycles. The molecule has 1 aromatic carbocycles. The Labute approximate surface area is 104 Å². The summed E-state index contributed by atoms with van der Waals surface area (Å²) in [7, 11) is 1.49. The second-order valence-corrected chi connectivity index (χ2v) is 3.88. The molecule has 5 nitrogen and oxygen atoms in total. The van der Waals surface area contributed by atoms with Gasteiger partial charge in [-0.25, -0.2) is 9.18 Å². The molecule has 98 valence electrons. The molecule has 6 heteroatoms. The lowest BCUT2D eigenvalue weighted by Crippen LogP contribution is -2.43. The third-order valence-electron chi connectivity index (χ3n) is 2.71. The second kappa shape index (κ2) is 5.68. The lowest BCUT2D eigenvalue weighted by molar-refractivity contribution is 0.0564. The lowest BCUT2D eigenvalue weighted by Gasteiger charge is -2.27. The number of nitrogens with zero attached hydrogens (tertiary/aromatic N) is 1. The standard InChI is InChI=1S/C12H15FN2O3/c1-17-9-2-3-10(13)11(8-9)14-12(16)15-4-6-18-7-5-15/h2-3,8H,4-7H2,1H3,(H,14,16). The van der Waals surface area contributed by atoms with Crippen molar-refractivity contribution >= 4 is 11.7 Å². The van der Waals surface area contributed by atoms with Gasteiger partial charge in [0.25, 0.3) is 0 Å². The van der Waals surface area contributed by atoms with Crippen molar-refractivity contribution in [1.82, 2.24) is 4.90 Å². The molecule has 2 rings (SSSR count). The van der Waals surface area contributed by atoms with E-state index in [1.165, 1.54) is 25.3 Å². The predicted octanol–water partition coefficient (Wildman–Crippen LogP) is 1.70. The summed E-state index contributed by atoms with van der Waals surface area (Å²) in [5, 5.41) is 2.53. The fourth-order valence-corrected chi connectivity index (χ4v) is 1.69. The van der Waals surface area contributed by atoms with E-state index in [-0.39, 0.29) is 11.7 Å². The number of morpholine rings is 1. The molecular formula is C12H15FN2O3. The number of benzene rings is 1. The number of nitrogens with one attached hydrogen (secondary N) is 1. The highest BCUT2D eigenvalue weighted by Gasteiger charge is 2.18. The van der Waals surface area contributed by atoms with Crippen LogP contribution in [0.25, 0.3) is 0 Å². The van der Waals surface area contributed by atoms with Crippen LogP contribution in [0.2, 0.25) is 0 Å². The van der Waals surface area contributed by atoms with Crippen molar-refractivity contribution in [1.29, 1.82) is 0 Å². The molecule has 1 aliphatic heterocycles. The normalized spacial score (nSPS) is 15.3. The molecule has 0 atom stereocenters. The van der Waals surface area contributed by atoms with E-state index < -0.39 is 5.82 Å². The Bertz CT molecular complexity index is 433. The van der Waals surface area contributed by atoms with Crippen molar-refractivity contribution in [2.75, 3.05) is 38.7 Å². The zero-order valence-corrected chi connectivity index (χ0v) is 10.1. The van der Waals surface area contributed by atoms with Gasteiger partial charge in [0.15, 0.2) is 0 Å². The maximum Gasteiger partial charge on any atom is 0.322 e. The molecule has 0 bridgehead atoms. The van der Waals surface area contributed by atoms with Crippen molar-refractivity contribution < 1.29 is 18.7 Å². The molecule has 2 amide bonds. The van der Waals surface area contributed by atoms with Crippen LogP contribution in [0.5, 0.6) is 5.75 Å². The Hall–Kier alpha value is -1.82. The van der Waals surface area contributed by atoms with Crippen LogP contribution in [0.4, 0.5) is 14.9 Å². The van der Waals surface area contributed by atoms with E-state index in [0.717, 1.165) is 0 Å². The fourth-order valence-electron chi connectivity index (χ4n) is 1.69. The van der Waals surface area contributed by atoms with Crippen LogP contribution in [0.3, 0.4) is 0 Å². The van der Waals surface area contributed by atoms with Gasteiger partial charge in [0.1, 0.15) is 11.6 Å². The Morgan fingerprint density at radius 3 is 2.83 bits per heavy atom. The van der Waals surface area contributed by atoms with Gasteiger partial charge >= 0.3 is 6.03 Å². The van der Waals surface area contributed by atoms with E-state index in [4.69, 9.17) is 9.47 Å².